The van der Waals surface area contributed by atoms with Crippen LogP contribution in [0.15, 0.2) is 15.9 Å². The lowest BCUT2D eigenvalue weighted by Crippen LogP contribution is -2.37. The maximum absolute atomic E-state index is 12.0. The molecule has 1 aromatic rings. The zero-order valence-corrected chi connectivity index (χ0v) is 12.2. The molecule has 0 saturated heterocycles. The van der Waals surface area contributed by atoms with E-state index in [9.17, 15) is 9.90 Å². The molecule has 0 spiro atoms. The molecule has 0 aromatic carbocycles. The maximum atomic E-state index is 12.0. The van der Waals surface area contributed by atoms with Crippen LogP contribution in [0.2, 0.25) is 0 Å². The summed E-state index contributed by atoms with van der Waals surface area (Å²) >= 11 is 5.13. The van der Waals surface area contributed by atoms with Gasteiger partial charge in [-0.3, -0.25) is 4.79 Å². The van der Waals surface area contributed by atoms with Crippen molar-refractivity contribution in [2.24, 2.45) is 5.41 Å². The molecule has 1 fully saturated rings. The van der Waals surface area contributed by atoms with E-state index in [0.717, 1.165) is 23.0 Å². The van der Waals surface area contributed by atoms with Gasteiger partial charge in [0.15, 0.2) is 0 Å². The van der Waals surface area contributed by atoms with Gasteiger partial charge in [-0.1, -0.05) is 0 Å². The van der Waals surface area contributed by atoms with Crippen LogP contribution in [0.3, 0.4) is 0 Å². The third-order valence-electron chi connectivity index (χ3n) is 3.28. The minimum atomic E-state index is -0.440. The van der Waals surface area contributed by atoms with Crippen molar-refractivity contribution in [1.82, 2.24) is 4.90 Å². The van der Waals surface area contributed by atoms with E-state index in [4.69, 9.17) is 0 Å². The first kappa shape index (κ1) is 13.1. The third kappa shape index (κ3) is 2.89. The monoisotopic (exact) mass is 317 g/mol. The standard InChI is InChI=1S/C12H16BrNO2S/c1-14(11(16)12(8-15)5-6-12)7-4-9-2-3-10(13)17-9/h2-3,15H,4-8H2,1H3. The number of carbonyl (C=O) groups excluding carboxylic acids is 1. The predicted molar refractivity (Wildman–Crippen MR) is 72.1 cm³/mol. The van der Waals surface area contributed by atoms with Crippen molar-refractivity contribution < 1.29 is 9.90 Å². The van der Waals surface area contributed by atoms with Crippen molar-refractivity contribution in [2.75, 3.05) is 20.2 Å². The summed E-state index contributed by atoms with van der Waals surface area (Å²) in [6, 6.07) is 4.10. The van der Waals surface area contributed by atoms with Gasteiger partial charge in [0.25, 0.3) is 0 Å². The summed E-state index contributed by atoms with van der Waals surface area (Å²) in [5.41, 5.74) is -0.440. The Hall–Kier alpha value is -0.390. The zero-order chi connectivity index (χ0) is 12.5. The van der Waals surface area contributed by atoms with Crippen LogP contribution < -0.4 is 0 Å². The molecule has 1 aliphatic rings. The first-order valence-electron chi connectivity index (χ1n) is 5.68. The second kappa shape index (κ2) is 5.08. The highest BCUT2D eigenvalue weighted by Gasteiger charge is 2.50. The van der Waals surface area contributed by atoms with E-state index in [1.165, 1.54) is 4.88 Å². The number of likely N-dealkylation sites (N-methyl/N-ethyl adjacent to an activating group) is 1. The van der Waals surface area contributed by atoms with Crippen LogP contribution in [0.1, 0.15) is 17.7 Å². The van der Waals surface area contributed by atoms with E-state index in [1.807, 2.05) is 13.1 Å². The number of rotatable bonds is 5. The minimum Gasteiger partial charge on any atom is -0.395 e. The highest BCUT2D eigenvalue weighted by atomic mass is 79.9. The molecule has 1 N–H and O–H groups in total. The molecule has 5 heteroatoms. The number of nitrogens with zero attached hydrogens (tertiary/aromatic N) is 1. The van der Waals surface area contributed by atoms with E-state index in [0.29, 0.717) is 6.54 Å². The SMILES string of the molecule is CN(CCc1ccc(Br)s1)C(=O)C1(CO)CC1. The first-order chi connectivity index (χ1) is 8.07. The van der Waals surface area contributed by atoms with Crippen LogP contribution in [0, 0.1) is 5.41 Å². The normalized spacial score (nSPS) is 16.9. The van der Waals surface area contributed by atoms with Crippen LogP contribution >= 0.6 is 27.3 Å². The molecule has 0 bridgehead atoms. The summed E-state index contributed by atoms with van der Waals surface area (Å²) < 4.78 is 1.12. The van der Waals surface area contributed by atoms with Gasteiger partial charge in [-0.05, 0) is 47.3 Å². The molecule has 1 heterocycles. The molecule has 2 rings (SSSR count). The van der Waals surface area contributed by atoms with Gasteiger partial charge in [0.1, 0.15) is 0 Å². The summed E-state index contributed by atoms with van der Waals surface area (Å²) in [7, 11) is 1.82. The molecule has 1 amide bonds. The topological polar surface area (TPSA) is 40.5 Å². The summed E-state index contributed by atoms with van der Waals surface area (Å²) in [6.45, 7) is 0.703. The molecule has 0 radical (unpaired) electrons. The number of amides is 1. The highest BCUT2D eigenvalue weighted by Crippen LogP contribution is 2.46. The van der Waals surface area contributed by atoms with Crippen LogP contribution in [0.4, 0.5) is 0 Å². The Bertz CT molecular complexity index is 414. The average molecular weight is 318 g/mol. The van der Waals surface area contributed by atoms with Crippen molar-refractivity contribution in [1.29, 1.82) is 0 Å². The molecule has 94 valence electrons. The minimum absolute atomic E-state index is 0.0132. The number of hydrogen-bond acceptors (Lipinski definition) is 3. The summed E-state index contributed by atoms with van der Waals surface area (Å²) in [5.74, 6) is 0.0932. The van der Waals surface area contributed by atoms with Gasteiger partial charge in [0.2, 0.25) is 5.91 Å². The van der Waals surface area contributed by atoms with Gasteiger partial charge in [-0.15, -0.1) is 11.3 Å². The Morgan fingerprint density at radius 3 is 2.76 bits per heavy atom. The van der Waals surface area contributed by atoms with Crippen LogP contribution in [-0.4, -0.2) is 36.1 Å². The fourth-order valence-electron chi connectivity index (χ4n) is 1.86. The Labute approximate surface area is 114 Å². The summed E-state index contributed by atoms with van der Waals surface area (Å²) in [6.07, 6.45) is 2.54. The Morgan fingerprint density at radius 2 is 2.29 bits per heavy atom. The van der Waals surface area contributed by atoms with E-state index in [1.54, 1.807) is 16.2 Å². The van der Waals surface area contributed by atoms with Crippen molar-refractivity contribution >= 4 is 33.2 Å². The van der Waals surface area contributed by atoms with E-state index in [2.05, 4.69) is 22.0 Å². The molecule has 1 aromatic heterocycles. The molecule has 1 saturated carbocycles. The third-order valence-corrected chi connectivity index (χ3v) is 4.96. The Morgan fingerprint density at radius 1 is 1.59 bits per heavy atom. The first-order valence-corrected chi connectivity index (χ1v) is 7.29. The lowest BCUT2D eigenvalue weighted by molar-refractivity contribution is -0.137. The van der Waals surface area contributed by atoms with Gasteiger partial charge in [0, 0.05) is 18.5 Å². The van der Waals surface area contributed by atoms with Gasteiger partial charge in [-0.2, -0.15) is 0 Å². The second-order valence-electron chi connectivity index (χ2n) is 4.62. The molecule has 3 nitrogen and oxygen atoms in total. The van der Waals surface area contributed by atoms with E-state index >= 15 is 0 Å². The molecule has 0 unspecified atom stereocenters. The lowest BCUT2D eigenvalue weighted by Gasteiger charge is -2.21. The van der Waals surface area contributed by atoms with Crippen LogP contribution in [0.5, 0.6) is 0 Å². The van der Waals surface area contributed by atoms with Gasteiger partial charge in [0.05, 0.1) is 15.8 Å². The van der Waals surface area contributed by atoms with Crippen LogP contribution in [0.25, 0.3) is 0 Å². The average Bonchev–Trinajstić information content (AvgIpc) is 3.03. The quantitative estimate of drug-likeness (QED) is 0.905. The van der Waals surface area contributed by atoms with Crippen molar-refractivity contribution in [3.05, 3.63) is 20.8 Å². The lowest BCUT2D eigenvalue weighted by atomic mass is 10.1. The number of thiophene rings is 1. The van der Waals surface area contributed by atoms with Gasteiger partial charge < -0.3 is 10.0 Å². The number of aliphatic hydroxyl groups is 1. The molecule has 0 aliphatic heterocycles. The number of carbonyl (C=O) groups is 1. The summed E-state index contributed by atoms with van der Waals surface area (Å²) in [4.78, 5) is 15.1. The second-order valence-corrected chi connectivity index (χ2v) is 7.17. The van der Waals surface area contributed by atoms with E-state index in [-0.39, 0.29) is 12.5 Å². The zero-order valence-electron chi connectivity index (χ0n) is 9.78. The maximum Gasteiger partial charge on any atom is 0.230 e. The Balaban J connectivity index is 1.85. The van der Waals surface area contributed by atoms with Crippen LogP contribution in [-0.2, 0) is 11.2 Å². The van der Waals surface area contributed by atoms with Crippen molar-refractivity contribution in [3.63, 3.8) is 0 Å². The van der Waals surface area contributed by atoms with E-state index < -0.39 is 5.41 Å². The number of hydrogen-bond donors (Lipinski definition) is 1. The van der Waals surface area contributed by atoms with Gasteiger partial charge >= 0.3 is 0 Å². The van der Waals surface area contributed by atoms with Gasteiger partial charge in [-0.25, -0.2) is 0 Å². The van der Waals surface area contributed by atoms with Crippen molar-refractivity contribution in [2.45, 2.75) is 19.3 Å². The van der Waals surface area contributed by atoms with Crippen molar-refractivity contribution in [3.8, 4) is 0 Å². The smallest absolute Gasteiger partial charge is 0.230 e. The molecular weight excluding hydrogens is 302 g/mol. The largest absolute Gasteiger partial charge is 0.395 e. The molecule has 0 atom stereocenters. The fourth-order valence-corrected chi connectivity index (χ4v) is 3.33. The molecule has 17 heavy (non-hydrogen) atoms. The predicted octanol–water partition coefficient (Wildman–Crippen LogP) is 2.28. The molecular formula is C12H16BrNO2S. The summed E-state index contributed by atoms with van der Waals surface area (Å²) in [5, 5.41) is 9.21. The number of halogens is 1. The Kier molecular flexibility index (Phi) is 3.90. The fraction of sp³-hybridized carbons (Fsp3) is 0.583. The highest BCUT2D eigenvalue weighted by molar-refractivity contribution is 9.11. The number of aliphatic hydroxyl groups excluding tert-OH is 1. The molecule has 1 aliphatic carbocycles.